The van der Waals surface area contributed by atoms with Gasteiger partial charge >= 0.3 is 0 Å². The van der Waals surface area contributed by atoms with Crippen LogP contribution in [0.4, 0.5) is 0 Å². The zero-order valence-corrected chi connectivity index (χ0v) is 16.9. The topological polar surface area (TPSA) is 38.3 Å². The summed E-state index contributed by atoms with van der Waals surface area (Å²) in [5.41, 5.74) is 5.40. The molecule has 0 spiro atoms. The molecular weight excluding hydrogens is 346 g/mol. The van der Waals surface area contributed by atoms with E-state index in [0.29, 0.717) is 0 Å². The normalized spacial score (nSPS) is 12.9. The van der Waals surface area contributed by atoms with E-state index in [-0.39, 0.29) is 11.9 Å². The van der Waals surface area contributed by atoms with Crippen LogP contribution in [0.5, 0.6) is 5.75 Å². The molecule has 0 fully saturated rings. The summed E-state index contributed by atoms with van der Waals surface area (Å²) in [6.07, 6.45) is -0.600. The Morgan fingerprint density at radius 3 is 2.11 bits per heavy atom. The Kier molecular flexibility index (Phi) is 6.15. The van der Waals surface area contributed by atoms with Crippen molar-refractivity contribution in [2.45, 2.75) is 39.8 Å². The van der Waals surface area contributed by atoms with Gasteiger partial charge in [0.1, 0.15) is 5.75 Å². The van der Waals surface area contributed by atoms with Crippen LogP contribution in [0, 0.1) is 20.8 Å². The van der Waals surface area contributed by atoms with E-state index in [1.807, 2.05) is 62.4 Å². The first-order valence-corrected chi connectivity index (χ1v) is 9.60. The summed E-state index contributed by atoms with van der Waals surface area (Å²) in [6, 6.07) is 24.0. The number of aryl methyl sites for hydroxylation is 3. The Bertz CT molecular complexity index is 933. The summed E-state index contributed by atoms with van der Waals surface area (Å²) >= 11 is 0. The second-order valence-electron chi connectivity index (χ2n) is 7.29. The summed E-state index contributed by atoms with van der Waals surface area (Å²) in [5, 5.41) is 3.16. The fourth-order valence-electron chi connectivity index (χ4n) is 3.10. The molecule has 0 aromatic heterocycles. The number of ether oxygens (including phenoxy) is 1. The molecule has 0 aliphatic carbocycles. The third kappa shape index (κ3) is 4.80. The smallest absolute Gasteiger partial charge is 0.261 e. The van der Waals surface area contributed by atoms with Crippen molar-refractivity contribution in [3.05, 3.63) is 101 Å². The zero-order chi connectivity index (χ0) is 20.1. The third-order valence-electron chi connectivity index (χ3n) is 4.85. The predicted molar refractivity (Wildman–Crippen MR) is 114 cm³/mol. The number of carbonyl (C=O) groups is 1. The Labute approximate surface area is 167 Å². The highest BCUT2D eigenvalue weighted by Crippen LogP contribution is 2.24. The molecule has 0 saturated carbocycles. The van der Waals surface area contributed by atoms with Gasteiger partial charge in [-0.15, -0.1) is 0 Å². The first-order valence-electron chi connectivity index (χ1n) is 9.60. The van der Waals surface area contributed by atoms with Crippen molar-refractivity contribution in [2.24, 2.45) is 0 Å². The Morgan fingerprint density at radius 1 is 0.821 bits per heavy atom. The lowest BCUT2D eigenvalue weighted by Crippen LogP contribution is -2.39. The van der Waals surface area contributed by atoms with Crippen LogP contribution in [0.25, 0.3) is 0 Å². The molecule has 0 bridgehead atoms. The highest BCUT2D eigenvalue weighted by atomic mass is 16.5. The third-order valence-corrected chi connectivity index (χ3v) is 4.85. The molecule has 28 heavy (non-hydrogen) atoms. The van der Waals surface area contributed by atoms with E-state index >= 15 is 0 Å². The van der Waals surface area contributed by atoms with Gasteiger partial charge in [-0.05, 0) is 56.0 Å². The fourth-order valence-corrected chi connectivity index (χ4v) is 3.10. The number of benzene rings is 3. The van der Waals surface area contributed by atoms with Crippen LogP contribution in [0.15, 0.2) is 72.8 Å². The van der Waals surface area contributed by atoms with Crippen LogP contribution in [0.3, 0.4) is 0 Å². The fraction of sp³-hybridized carbons (Fsp3) is 0.240. The van der Waals surface area contributed by atoms with Crippen LogP contribution >= 0.6 is 0 Å². The van der Waals surface area contributed by atoms with Crippen molar-refractivity contribution < 1.29 is 9.53 Å². The average Bonchev–Trinajstić information content (AvgIpc) is 2.70. The largest absolute Gasteiger partial charge is 0.481 e. The lowest BCUT2D eigenvalue weighted by Gasteiger charge is -2.23. The average molecular weight is 373 g/mol. The van der Waals surface area contributed by atoms with Crippen molar-refractivity contribution in [1.82, 2.24) is 5.32 Å². The highest BCUT2D eigenvalue weighted by Gasteiger charge is 2.22. The van der Waals surface area contributed by atoms with Crippen molar-refractivity contribution in [3.63, 3.8) is 0 Å². The Morgan fingerprint density at radius 2 is 1.43 bits per heavy atom. The number of rotatable bonds is 6. The standard InChI is InChI=1S/C25H27NO2/c1-17-11-14-22(15-12-17)24(21-8-6-5-7-9-21)26-25(27)20(4)28-23-16-18(2)10-13-19(23)3/h5-16,20,24H,1-4H3,(H,26,27)/t20-,24-/m0/s1. The van der Waals surface area contributed by atoms with Gasteiger partial charge in [0.05, 0.1) is 6.04 Å². The molecule has 0 aliphatic rings. The quantitative estimate of drug-likeness (QED) is 0.638. The van der Waals surface area contributed by atoms with Crippen LogP contribution in [-0.4, -0.2) is 12.0 Å². The van der Waals surface area contributed by atoms with Crippen molar-refractivity contribution >= 4 is 5.91 Å². The highest BCUT2D eigenvalue weighted by molar-refractivity contribution is 5.81. The van der Waals surface area contributed by atoms with Gasteiger partial charge in [-0.2, -0.15) is 0 Å². The Hall–Kier alpha value is -3.07. The van der Waals surface area contributed by atoms with Gasteiger partial charge < -0.3 is 10.1 Å². The molecule has 2 atom stereocenters. The number of carbonyl (C=O) groups excluding carboxylic acids is 1. The molecule has 0 aliphatic heterocycles. The summed E-state index contributed by atoms with van der Waals surface area (Å²) in [4.78, 5) is 12.9. The van der Waals surface area contributed by atoms with Crippen LogP contribution in [0.1, 0.15) is 40.8 Å². The maximum Gasteiger partial charge on any atom is 0.261 e. The number of hydrogen-bond donors (Lipinski definition) is 1. The Balaban J connectivity index is 1.80. The molecular formula is C25H27NO2. The first kappa shape index (κ1) is 19.7. The zero-order valence-electron chi connectivity index (χ0n) is 16.9. The first-order chi connectivity index (χ1) is 13.4. The van der Waals surface area contributed by atoms with Gasteiger partial charge in [0.2, 0.25) is 0 Å². The molecule has 3 heteroatoms. The van der Waals surface area contributed by atoms with Gasteiger partial charge in [0.25, 0.3) is 5.91 Å². The van der Waals surface area contributed by atoms with Crippen molar-refractivity contribution in [3.8, 4) is 5.75 Å². The van der Waals surface area contributed by atoms with Gasteiger partial charge in [-0.3, -0.25) is 4.79 Å². The monoisotopic (exact) mass is 373 g/mol. The molecule has 144 valence electrons. The molecule has 3 rings (SSSR count). The lowest BCUT2D eigenvalue weighted by molar-refractivity contribution is -0.127. The van der Waals surface area contributed by atoms with E-state index in [9.17, 15) is 4.79 Å². The number of hydrogen-bond acceptors (Lipinski definition) is 2. The second-order valence-corrected chi connectivity index (χ2v) is 7.29. The van der Waals surface area contributed by atoms with E-state index in [0.717, 1.165) is 28.0 Å². The minimum Gasteiger partial charge on any atom is -0.481 e. The number of nitrogens with one attached hydrogen (secondary N) is 1. The molecule has 1 N–H and O–H groups in total. The van der Waals surface area contributed by atoms with Crippen LogP contribution in [0.2, 0.25) is 0 Å². The van der Waals surface area contributed by atoms with Crippen molar-refractivity contribution in [1.29, 1.82) is 0 Å². The van der Waals surface area contributed by atoms with Crippen LogP contribution in [-0.2, 0) is 4.79 Å². The maximum absolute atomic E-state index is 12.9. The van der Waals surface area contributed by atoms with E-state index in [1.54, 1.807) is 6.92 Å². The van der Waals surface area contributed by atoms with Crippen molar-refractivity contribution in [2.75, 3.05) is 0 Å². The van der Waals surface area contributed by atoms with Gasteiger partial charge in [0.15, 0.2) is 6.10 Å². The number of amides is 1. The molecule has 3 nitrogen and oxygen atoms in total. The van der Waals surface area contributed by atoms with E-state index < -0.39 is 6.10 Å². The van der Waals surface area contributed by atoms with E-state index in [1.165, 1.54) is 5.56 Å². The SMILES string of the molecule is Cc1ccc([C@@H](NC(=O)[C@H](C)Oc2cc(C)ccc2C)c2ccccc2)cc1. The lowest BCUT2D eigenvalue weighted by atomic mass is 9.97. The van der Waals surface area contributed by atoms with E-state index in [4.69, 9.17) is 4.74 Å². The summed E-state index contributed by atoms with van der Waals surface area (Å²) in [7, 11) is 0. The predicted octanol–water partition coefficient (Wildman–Crippen LogP) is 5.28. The molecule has 0 saturated heterocycles. The summed E-state index contributed by atoms with van der Waals surface area (Å²) in [5.74, 6) is 0.601. The second kappa shape index (κ2) is 8.75. The molecule has 0 heterocycles. The summed E-state index contributed by atoms with van der Waals surface area (Å²) < 4.78 is 5.97. The molecule has 0 radical (unpaired) electrons. The van der Waals surface area contributed by atoms with Gasteiger partial charge in [0, 0.05) is 0 Å². The van der Waals surface area contributed by atoms with Gasteiger partial charge in [-0.25, -0.2) is 0 Å². The molecule has 3 aromatic carbocycles. The van der Waals surface area contributed by atoms with Crippen LogP contribution < -0.4 is 10.1 Å². The van der Waals surface area contributed by atoms with Gasteiger partial charge in [-0.1, -0.05) is 72.3 Å². The minimum atomic E-state index is -0.600. The molecule has 3 aromatic rings. The summed E-state index contributed by atoms with van der Waals surface area (Å²) in [6.45, 7) is 7.84. The molecule has 0 unspecified atom stereocenters. The maximum atomic E-state index is 12.9. The minimum absolute atomic E-state index is 0.143. The molecule has 1 amide bonds. The van der Waals surface area contributed by atoms with E-state index in [2.05, 4.69) is 36.5 Å².